The summed E-state index contributed by atoms with van der Waals surface area (Å²) in [6.07, 6.45) is 0.459. The Hall–Kier alpha value is -2.66. The summed E-state index contributed by atoms with van der Waals surface area (Å²) >= 11 is 1.53. The maximum Gasteiger partial charge on any atom is 0.224 e. The van der Waals surface area contributed by atoms with Gasteiger partial charge in [0, 0.05) is 28.6 Å². The van der Waals surface area contributed by atoms with Crippen molar-refractivity contribution in [3.8, 4) is 27.6 Å². The second kappa shape index (κ2) is 6.62. The molecule has 3 aromatic rings. The third-order valence-corrected chi connectivity index (χ3v) is 4.27. The van der Waals surface area contributed by atoms with Crippen LogP contribution < -0.4 is 5.32 Å². The van der Waals surface area contributed by atoms with Gasteiger partial charge in [0.15, 0.2) is 0 Å². The zero-order chi connectivity index (χ0) is 16.2. The number of hydrogen-bond acceptors (Lipinski definition) is 4. The van der Waals surface area contributed by atoms with E-state index in [1.54, 1.807) is 18.2 Å². The van der Waals surface area contributed by atoms with Crippen molar-refractivity contribution >= 4 is 22.9 Å². The molecule has 23 heavy (non-hydrogen) atoms. The quantitative estimate of drug-likeness (QED) is 0.741. The third-order valence-electron chi connectivity index (χ3n) is 3.38. The molecular weight excluding hydrogens is 308 g/mol. The van der Waals surface area contributed by atoms with Gasteiger partial charge in [-0.2, -0.15) is 0 Å². The zero-order valence-corrected chi connectivity index (χ0v) is 13.4. The topological polar surface area (TPSA) is 62.2 Å². The van der Waals surface area contributed by atoms with Crippen molar-refractivity contribution in [1.82, 2.24) is 4.98 Å². The molecule has 0 saturated heterocycles. The Balaban J connectivity index is 1.81. The van der Waals surface area contributed by atoms with Crippen LogP contribution in [0.1, 0.15) is 13.3 Å². The number of benzene rings is 2. The van der Waals surface area contributed by atoms with E-state index in [0.29, 0.717) is 6.42 Å². The molecule has 2 N–H and O–H groups in total. The van der Waals surface area contributed by atoms with Gasteiger partial charge in [0.2, 0.25) is 5.91 Å². The summed E-state index contributed by atoms with van der Waals surface area (Å²) in [5.41, 5.74) is 3.54. The summed E-state index contributed by atoms with van der Waals surface area (Å²) in [6.45, 7) is 1.82. The van der Waals surface area contributed by atoms with Crippen molar-refractivity contribution in [2.45, 2.75) is 13.3 Å². The van der Waals surface area contributed by atoms with E-state index in [-0.39, 0.29) is 11.7 Å². The van der Waals surface area contributed by atoms with Gasteiger partial charge in [-0.3, -0.25) is 4.79 Å². The molecule has 4 nitrogen and oxygen atoms in total. The molecule has 0 saturated carbocycles. The van der Waals surface area contributed by atoms with Crippen LogP contribution in [0.25, 0.3) is 21.8 Å². The lowest BCUT2D eigenvalue weighted by molar-refractivity contribution is -0.115. The van der Waals surface area contributed by atoms with Gasteiger partial charge >= 0.3 is 0 Å². The minimum atomic E-state index is -0.00224. The molecule has 0 fully saturated rings. The summed E-state index contributed by atoms with van der Waals surface area (Å²) in [5.74, 6) is 0.229. The second-order valence-electron chi connectivity index (χ2n) is 5.07. The molecule has 3 rings (SSSR count). The van der Waals surface area contributed by atoms with Gasteiger partial charge < -0.3 is 10.4 Å². The number of phenolic OH excluding ortho intramolecular Hbond substituents is 1. The average molecular weight is 324 g/mol. The maximum atomic E-state index is 11.4. The zero-order valence-electron chi connectivity index (χ0n) is 12.6. The minimum Gasteiger partial charge on any atom is -0.508 e. The molecule has 0 aliphatic rings. The summed E-state index contributed by atoms with van der Waals surface area (Å²) in [5, 5.41) is 15.2. The number of carbonyl (C=O) groups excluding carboxylic acids is 1. The van der Waals surface area contributed by atoms with E-state index in [4.69, 9.17) is 0 Å². The van der Waals surface area contributed by atoms with Crippen molar-refractivity contribution < 1.29 is 9.90 Å². The van der Waals surface area contributed by atoms with Crippen LogP contribution in [0.5, 0.6) is 5.75 Å². The molecular formula is C18H16N2O2S. The number of aromatic nitrogens is 1. The van der Waals surface area contributed by atoms with E-state index in [9.17, 15) is 9.90 Å². The van der Waals surface area contributed by atoms with Crippen molar-refractivity contribution in [3.63, 3.8) is 0 Å². The van der Waals surface area contributed by atoms with Crippen LogP contribution in [0.2, 0.25) is 0 Å². The number of carbonyl (C=O) groups is 1. The van der Waals surface area contributed by atoms with Gasteiger partial charge in [-0.1, -0.05) is 31.2 Å². The first kappa shape index (κ1) is 15.2. The van der Waals surface area contributed by atoms with E-state index >= 15 is 0 Å². The van der Waals surface area contributed by atoms with Crippen LogP contribution in [0, 0.1) is 0 Å². The fourth-order valence-electron chi connectivity index (χ4n) is 2.15. The number of nitrogens with zero attached hydrogens (tertiary/aromatic N) is 1. The molecule has 0 spiro atoms. The van der Waals surface area contributed by atoms with Gasteiger partial charge in [-0.25, -0.2) is 4.98 Å². The molecule has 2 aromatic carbocycles. The molecule has 1 amide bonds. The van der Waals surface area contributed by atoms with Crippen molar-refractivity contribution in [3.05, 3.63) is 53.9 Å². The Labute approximate surface area is 138 Å². The third kappa shape index (κ3) is 3.57. The highest BCUT2D eigenvalue weighted by molar-refractivity contribution is 7.13. The van der Waals surface area contributed by atoms with Crippen molar-refractivity contribution in [2.75, 3.05) is 5.32 Å². The van der Waals surface area contributed by atoms with Crippen LogP contribution in [0.4, 0.5) is 5.69 Å². The van der Waals surface area contributed by atoms with Gasteiger partial charge in [0.05, 0.1) is 5.69 Å². The Bertz CT molecular complexity index is 825. The first-order chi connectivity index (χ1) is 11.2. The smallest absolute Gasteiger partial charge is 0.224 e. The minimum absolute atomic E-state index is 0.00224. The van der Waals surface area contributed by atoms with Gasteiger partial charge in [-0.05, 0) is 24.3 Å². The number of nitrogens with one attached hydrogen (secondary N) is 1. The standard InChI is InChI=1S/C18H16N2O2S/c1-2-17(22)19-14-8-6-12(7-9-14)16-11-23-18(20-16)13-4-3-5-15(21)10-13/h3-11,21H,2H2,1H3,(H,19,22). The van der Waals surface area contributed by atoms with Crippen molar-refractivity contribution in [1.29, 1.82) is 0 Å². The molecule has 0 radical (unpaired) electrons. The van der Waals surface area contributed by atoms with Crippen LogP contribution in [-0.4, -0.2) is 16.0 Å². The monoisotopic (exact) mass is 324 g/mol. The van der Waals surface area contributed by atoms with E-state index in [1.807, 2.05) is 42.6 Å². The molecule has 0 aliphatic carbocycles. The Kier molecular flexibility index (Phi) is 4.39. The number of phenols is 1. The van der Waals surface area contributed by atoms with Crippen LogP contribution in [0.3, 0.4) is 0 Å². The van der Waals surface area contributed by atoms with E-state index < -0.39 is 0 Å². The Morgan fingerprint density at radius 2 is 1.96 bits per heavy atom. The fraction of sp³-hybridized carbons (Fsp3) is 0.111. The number of amides is 1. The summed E-state index contributed by atoms with van der Waals surface area (Å²) in [6, 6.07) is 14.7. The van der Waals surface area contributed by atoms with E-state index in [1.165, 1.54) is 11.3 Å². The summed E-state index contributed by atoms with van der Waals surface area (Å²) < 4.78 is 0. The molecule has 0 atom stereocenters. The first-order valence-electron chi connectivity index (χ1n) is 7.31. The van der Waals surface area contributed by atoms with Gasteiger partial charge in [0.1, 0.15) is 10.8 Å². The SMILES string of the molecule is CCC(=O)Nc1ccc(-c2csc(-c3cccc(O)c3)n2)cc1. The van der Waals surface area contributed by atoms with E-state index in [0.717, 1.165) is 27.5 Å². The molecule has 0 unspecified atom stereocenters. The Morgan fingerprint density at radius 3 is 2.65 bits per heavy atom. The number of rotatable bonds is 4. The highest BCUT2D eigenvalue weighted by atomic mass is 32.1. The molecule has 1 aromatic heterocycles. The van der Waals surface area contributed by atoms with Crippen LogP contribution >= 0.6 is 11.3 Å². The van der Waals surface area contributed by atoms with Crippen molar-refractivity contribution in [2.24, 2.45) is 0 Å². The lowest BCUT2D eigenvalue weighted by atomic mass is 10.1. The molecule has 0 bridgehead atoms. The Morgan fingerprint density at radius 1 is 1.17 bits per heavy atom. The molecule has 116 valence electrons. The van der Waals surface area contributed by atoms with Gasteiger partial charge in [0.25, 0.3) is 0 Å². The number of hydrogen-bond donors (Lipinski definition) is 2. The van der Waals surface area contributed by atoms with E-state index in [2.05, 4.69) is 10.3 Å². The predicted octanol–water partition coefficient (Wildman–Crippen LogP) is 4.53. The summed E-state index contributed by atoms with van der Waals surface area (Å²) in [4.78, 5) is 16.0. The number of aromatic hydroxyl groups is 1. The maximum absolute atomic E-state index is 11.4. The largest absolute Gasteiger partial charge is 0.508 e. The lowest BCUT2D eigenvalue weighted by Gasteiger charge is -2.04. The predicted molar refractivity (Wildman–Crippen MR) is 93.6 cm³/mol. The highest BCUT2D eigenvalue weighted by Gasteiger charge is 2.07. The molecule has 1 heterocycles. The summed E-state index contributed by atoms with van der Waals surface area (Å²) in [7, 11) is 0. The normalized spacial score (nSPS) is 10.5. The lowest BCUT2D eigenvalue weighted by Crippen LogP contribution is -2.08. The van der Waals surface area contributed by atoms with Crippen LogP contribution in [0.15, 0.2) is 53.9 Å². The van der Waals surface area contributed by atoms with Crippen LogP contribution in [-0.2, 0) is 4.79 Å². The fourth-order valence-corrected chi connectivity index (χ4v) is 2.98. The number of thiazole rings is 1. The molecule has 5 heteroatoms. The molecule has 0 aliphatic heterocycles. The highest BCUT2D eigenvalue weighted by Crippen LogP contribution is 2.30. The second-order valence-corrected chi connectivity index (χ2v) is 5.93. The number of anilines is 1. The average Bonchev–Trinajstić information content (AvgIpc) is 3.05. The first-order valence-corrected chi connectivity index (χ1v) is 8.19. The van der Waals surface area contributed by atoms with Gasteiger partial charge in [-0.15, -0.1) is 11.3 Å².